The van der Waals surface area contributed by atoms with E-state index in [0.29, 0.717) is 24.0 Å². The highest BCUT2D eigenvalue weighted by molar-refractivity contribution is 4.72. The van der Waals surface area contributed by atoms with Crippen LogP contribution in [0.5, 0.6) is 0 Å². The fourth-order valence-electron chi connectivity index (χ4n) is 1.46. The van der Waals surface area contributed by atoms with Gasteiger partial charge in [0.05, 0.1) is 6.10 Å². The molecule has 0 aliphatic carbocycles. The Morgan fingerprint density at radius 2 is 1.62 bits per heavy atom. The number of hydrogen-bond acceptors (Lipinski definition) is 2. The number of rotatable bonds is 6. The van der Waals surface area contributed by atoms with Crippen LogP contribution in [0.25, 0.3) is 0 Å². The molecule has 0 aliphatic heterocycles. The number of ether oxygens (including phenoxy) is 1. The van der Waals surface area contributed by atoms with E-state index in [0.717, 1.165) is 12.8 Å². The van der Waals surface area contributed by atoms with Gasteiger partial charge in [-0.1, -0.05) is 20.8 Å². The molecule has 2 N–H and O–H groups in total. The lowest BCUT2D eigenvalue weighted by molar-refractivity contribution is 0.102. The van der Waals surface area contributed by atoms with Crippen LogP contribution in [0.15, 0.2) is 0 Å². The molecule has 2 nitrogen and oxygen atoms in total. The van der Waals surface area contributed by atoms with E-state index in [4.69, 9.17) is 10.5 Å². The largest absolute Gasteiger partial charge is 0.382 e. The topological polar surface area (TPSA) is 35.2 Å². The van der Waals surface area contributed by atoms with Crippen LogP contribution >= 0.6 is 0 Å². The quantitative estimate of drug-likeness (QED) is 0.693. The van der Waals surface area contributed by atoms with Crippen molar-refractivity contribution in [3.8, 4) is 0 Å². The van der Waals surface area contributed by atoms with E-state index in [1.807, 2.05) is 0 Å². The zero-order valence-corrected chi connectivity index (χ0v) is 9.71. The van der Waals surface area contributed by atoms with Crippen LogP contribution in [0.3, 0.4) is 0 Å². The molecule has 0 aromatic carbocycles. The standard InChI is InChI=1S/C11H25NO/c1-8(2)11(12)9(3)6-7-10(4)13-5/h8-11H,6-7,12H2,1-5H3. The van der Waals surface area contributed by atoms with Gasteiger partial charge in [0.15, 0.2) is 0 Å². The summed E-state index contributed by atoms with van der Waals surface area (Å²) in [4.78, 5) is 0. The molecule has 0 rings (SSSR count). The lowest BCUT2D eigenvalue weighted by Crippen LogP contribution is -2.33. The summed E-state index contributed by atoms with van der Waals surface area (Å²) in [6.07, 6.45) is 2.63. The summed E-state index contributed by atoms with van der Waals surface area (Å²) in [5, 5.41) is 0. The molecular formula is C11H25NO. The molecule has 0 heterocycles. The molecule has 3 atom stereocenters. The first-order valence-corrected chi connectivity index (χ1v) is 5.27. The van der Waals surface area contributed by atoms with Gasteiger partial charge in [-0.3, -0.25) is 0 Å². The highest BCUT2D eigenvalue weighted by atomic mass is 16.5. The van der Waals surface area contributed by atoms with Gasteiger partial charge < -0.3 is 10.5 Å². The Balaban J connectivity index is 3.67. The predicted octanol–water partition coefficient (Wildman–Crippen LogP) is 2.42. The molecule has 0 aliphatic rings. The van der Waals surface area contributed by atoms with Crippen molar-refractivity contribution in [2.24, 2.45) is 17.6 Å². The second-order valence-electron chi connectivity index (χ2n) is 4.42. The van der Waals surface area contributed by atoms with E-state index < -0.39 is 0 Å². The summed E-state index contributed by atoms with van der Waals surface area (Å²) in [6, 6.07) is 0.323. The maximum absolute atomic E-state index is 6.05. The zero-order chi connectivity index (χ0) is 10.4. The van der Waals surface area contributed by atoms with Crippen LogP contribution in [0.4, 0.5) is 0 Å². The van der Waals surface area contributed by atoms with Gasteiger partial charge in [-0.25, -0.2) is 0 Å². The van der Waals surface area contributed by atoms with Crippen LogP contribution in [0.1, 0.15) is 40.5 Å². The van der Waals surface area contributed by atoms with Crippen molar-refractivity contribution in [2.45, 2.75) is 52.7 Å². The Kier molecular flexibility index (Phi) is 6.35. The van der Waals surface area contributed by atoms with Gasteiger partial charge in [0.1, 0.15) is 0 Å². The van der Waals surface area contributed by atoms with Gasteiger partial charge in [0.2, 0.25) is 0 Å². The van der Waals surface area contributed by atoms with E-state index in [9.17, 15) is 0 Å². The van der Waals surface area contributed by atoms with E-state index in [2.05, 4.69) is 27.7 Å². The molecule has 0 spiro atoms. The Hall–Kier alpha value is -0.0800. The normalized spacial score (nSPS) is 18.7. The fourth-order valence-corrected chi connectivity index (χ4v) is 1.46. The second-order valence-corrected chi connectivity index (χ2v) is 4.42. The monoisotopic (exact) mass is 187 g/mol. The van der Waals surface area contributed by atoms with Crippen LogP contribution < -0.4 is 5.73 Å². The first kappa shape index (κ1) is 12.9. The van der Waals surface area contributed by atoms with Crippen molar-refractivity contribution in [1.29, 1.82) is 0 Å². The number of methoxy groups -OCH3 is 1. The fraction of sp³-hybridized carbons (Fsp3) is 1.00. The lowest BCUT2D eigenvalue weighted by Gasteiger charge is -2.24. The highest BCUT2D eigenvalue weighted by Gasteiger charge is 2.16. The summed E-state index contributed by atoms with van der Waals surface area (Å²) in [5.74, 6) is 1.17. The van der Waals surface area contributed by atoms with Gasteiger partial charge in [0, 0.05) is 13.2 Å². The Labute approximate surface area is 82.8 Å². The Morgan fingerprint density at radius 3 is 2.00 bits per heavy atom. The SMILES string of the molecule is COC(C)CCC(C)C(N)C(C)C. The first-order chi connectivity index (χ1) is 5.99. The van der Waals surface area contributed by atoms with Crippen molar-refractivity contribution in [3.63, 3.8) is 0 Å². The summed E-state index contributed by atoms with van der Waals surface area (Å²) in [7, 11) is 1.76. The number of nitrogens with two attached hydrogens (primary N) is 1. The molecule has 80 valence electrons. The molecule has 0 saturated heterocycles. The average Bonchev–Trinajstić information content (AvgIpc) is 2.11. The Bertz CT molecular complexity index is 125. The lowest BCUT2D eigenvalue weighted by atomic mass is 9.89. The molecule has 0 amide bonds. The minimum atomic E-state index is 0.323. The van der Waals surface area contributed by atoms with E-state index in [-0.39, 0.29) is 0 Å². The van der Waals surface area contributed by atoms with Gasteiger partial charge >= 0.3 is 0 Å². The van der Waals surface area contributed by atoms with Gasteiger partial charge in [-0.15, -0.1) is 0 Å². The van der Waals surface area contributed by atoms with Crippen molar-refractivity contribution in [3.05, 3.63) is 0 Å². The highest BCUT2D eigenvalue weighted by Crippen LogP contribution is 2.17. The third-order valence-corrected chi connectivity index (χ3v) is 2.86. The van der Waals surface area contributed by atoms with Crippen LogP contribution in [0, 0.1) is 11.8 Å². The molecule has 13 heavy (non-hydrogen) atoms. The van der Waals surface area contributed by atoms with Crippen LogP contribution in [0.2, 0.25) is 0 Å². The second kappa shape index (κ2) is 6.39. The molecule has 0 aromatic rings. The third-order valence-electron chi connectivity index (χ3n) is 2.86. The maximum atomic E-state index is 6.05. The summed E-state index contributed by atoms with van der Waals surface area (Å²) >= 11 is 0. The Morgan fingerprint density at radius 1 is 1.08 bits per heavy atom. The average molecular weight is 187 g/mol. The van der Waals surface area contributed by atoms with Gasteiger partial charge in [-0.2, -0.15) is 0 Å². The van der Waals surface area contributed by atoms with Crippen molar-refractivity contribution < 1.29 is 4.74 Å². The summed E-state index contributed by atoms with van der Waals surface area (Å²) in [6.45, 7) is 8.70. The van der Waals surface area contributed by atoms with Gasteiger partial charge in [0.25, 0.3) is 0 Å². The smallest absolute Gasteiger partial charge is 0.0543 e. The van der Waals surface area contributed by atoms with E-state index in [1.54, 1.807) is 7.11 Å². The minimum absolute atomic E-state index is 0.323. The van der Waals surface area contributed by atoms with Crippen LogP contribution in [-0.4, -0.2) is 19.3 Å². The molecule has 3 unspecified atom stereocenters. The molecule has 0 radical (unpaired) electrons. The molecule has 0 aromatic heterocycles. The van der Waals surface area contributed by atoms with Gasteiger partial charge in [-0.05, 0) is 31.6 Å². The molecule has 0 saturated carbocycles. The molecule has 0 bridgehead atoms. The van der Waals surface area contributed by atoms with Crippen LogP contribution in [-0.2, 0) is 4.74 Å². The third kappa shape index (κ3) is 5.27. The first-order valence-electron chi connectivity index (χ1n) is 5.27. The van der Waals surface area contributed by atoms with Crippen molar-refractivity contribution in [1.82, 2.24) is 0 Å². The number of hydrogen-bond donors (Lipinski definition) is 1. The van der Waals surface area contributed by atoms with E-state index >= 15 is 0 Å². The zero-order valence-electron chi connectivity index (χ0n) is 9.71. The molecular weight excluding hydrogens is 162 g/mol. The molecule has 2 heteroatoms. The minimum Gasteiger partial charge on any atom is -0.382 e. The maximum Gasteiger partial charge on any atom is 0.0543 e. The van der Waals surface area contributed by atoms with E-state index in [1.165, 1.54) is 0 Å². The van der Waals surface area contributed by atoms with Crippen molar-refractivity contribution in [2.75, 3.05) is 7.11 Å². The summed E-state index contributed by atoms with van der Waals surface area (Å²) in [5.41, 5.74) is 6.05. The summed E-state index contributed by atoms with van der Waals surface area (Å²) < 4.78 is 5.20. The molecule has 0 fully saturated rings. The van der Waals surface area contributed by atoms with Crippen molar-refractivity contribution >= 4 is 0 Å². The predicted molar refractivity (Wildman–Crippen MR) is 57.7 cm³/mol.